The third-order valence-electron chi connectivity index (χ3n) is 3.35. The average molecular weight is 284 g/mol. The van der Waals surface area contributed by atoms with Crippen molar-refractivity contribution in [2.24, 2.45) is 11.7 Å². The smallest absolute Gasteiger partial charge is 0.240 e. The highest BCUT2D eigenvalue weighted by Gasteiger charge is 2.25. The lowest BCUT2D eigenvalue weighted by Crippen LogP contribution is -2.47. The van der Waals surface area contributed by atoms with E-state index in [9.17, 15) is 4.79 Å². The number of ether oxygens (including phenoxy) is 1. The van der Waals surface area contributed by atoms with Crippen LogP contribution >= 0.6 is 11.3 Å². The number of amides is 1. The number of carbonyl (C=O) groups excluding carboxylic acids is 1. The molecule has 2 N–H and O–H groups in total. The molecule has 4 nitrogen and oxygen atoms in total. The number of carbonyl (C=O) groups is 1. The van der Waals surface area contributed by atoms with Gasteiger partial charge in [0.05, 0.1) is 19.2 Å². The fourth-order valence-electron chi connectivity index (χ4n) is 1.77. The lowest BCUT2D eigenvalue weighted by Gasteiger charge is -2.27. The Morgan fingerprint density at radius 2 is 2.32 bits per heavy atom. The van der Waals surface area contributed by atoms with Gasteiger partial charge in [0.1, 0.15) is 0 Å². The summed E-state index contributed by atoms with van der Waals surface area (Å²) in [5, 5.41) is 2.02. The van der Waals surface area contributed by atoms with Gasteiger partial charge in [0.15, 0.2) is 0 Å². The number of hydrogen-bond donors (Lipinski definition) is 1. The number of methoxy groups -OCH3 is 1. The van der Waals surface area contributed by atoms with Crippen LogP contribution in [0, 0.1) is 5.92 Å². The van der Waals surface area contributed by atoms with E-state index in [1.807, 2.05) is 24.4 Å². The first-order valence-electron chi connectivity index (χ1n) is 6.65. The molecule has 1 amide bonds. The van der Waals surface area contributed by atoms with Crippen LogP contribution in [0.15, 0.2) is 17.5 Å². The van der Waals surface area contributed by atoms with Gasteiger partial charge >= 0.3 is 0 Å². The summed E-state index contributed by atoms with van der Waals surface area (Å²) < 4.78 is 5.08. The zero-order chi connectivity index (χ0) is 14.3. The lowest BCUT2D eigenvalue weighted by molar-refractivity contribution is -0.135. The molecule has 0 saturated heterocycles. The van der Waals surface area contributed by atoms with Crippen LogP contribution in [-0.4, -0.2) is 37.1 Å². The standard InChI is InChI=1S/C14H24N2O2S/c1-4-11(2)13(15)14(17)16(7-8-18-3)10-12-6-5-9-19-12/h5-6,9,11,13H,4,7-8,10,15H2,1-3H3/t11-,13-/m0/s1. The fraction of sp³-hybridized carbons (Fsp3) is 0.643. The van der Waals surface area contributed by atoms with Gasteiger partial charge < -0.3 is 15.4 Å². The normalized spacial score (nSPS) is 14.1. The number of rotatable bonds is 8. The summed E-state index contributed by atoms with van der Waals surface area (Å²) in [4.78, 5) is 15.4. The third kappa shape index (κ3) is 4.93. The maximum Gasteiger partial charge on any atom is 0.240 e. The Morgan fingerprint density at radius 3 is 2.84 bits per heavy atom. The first-order valence-corrected chi connectivity index (χ1v) is 7.53. The van der Waals surface area contributed by atoms with Crippen LogP contribution in [0.1, 0.15) is 25.1 Å². The molecule has 5 heteroatoms. The number of nitrogens with two attached hydrogens (primary N) is 1. The van der Waals surface area contributed by atoms with Gasteiger partial charge in [-0.1, -0.05) is 26.3 Å². The first kappa shape index (κ1) is 16.1. The van der Waals surface area contributed by atoms with Crippen molar-refractivity contribution < 1.29 is 9.53 Å². The van der Waals surface area contributed by atoms with Gasteiger partial charge in [0.2, 0.25) is 5.91 Å². The highest BCUT2D eigenvalue weighted by Crippen LogP contribution is 2.15. The number of thiophene rings is 1. The molecule has 0 aliphatic carbocycles. The van der Waals surface area contributed by atoms with Crippen molar-refractivity contribution >= 4 is 17.2 Å². The molecule has 0 aromatic carbocycles. The van der Waals surface area contributed by atoms with Crippen LogP contribution in [0.3, 0.4) is 0 Å². The highest BCUT2D eigenvalue weighted by atomic mass is 32.1. The topological polar surface area (TPSA) is 55.6 Å². The summed E-state index contributed by atoms with van der Waals surface area (Å²) in [6.07, 6.45) is 0.907. The molecule has 0 unspecified atom stereocenters. The van der Waals surface area contributed by atoms with E-state index in [-0.39, 0.29) is 11.8 Å². The molecule has 19 heavy (non-hydrogen) atoms. The minimum absolute atomic E-state index is 0.0137. The van der Waals surface area contributed by atoms with Gasteiger partial charge in [-0.3, -0.25) is 4.79 Å². The molecule has 2 atom stereocenters. The second-order valence-electron chi connectivity index (χ2n) is 4.74. The summed E-state index contributed by atoms with van der Waals surface area (Å²) in [5.74, 6) is 0.209. The van der Waals surface area contributed by atoms with Crippen molar-refractivity contribution in [3.63, 3.8) is 0 Å². The minimum atomic E-state index is -0.429. The second-order valence-corrected chi connectivity index (χ2v) is 5.78. The van der Waals surface area contributed by atoms with Crippen molar-refractivity contribution in [3.05, 3.63) is 22.4 Å². The zero-order valence-corrected chi connectivity index (χ0v) is 12.8. The van der Waals surface area contributed by atoms with Crippen LogP contribution in [0.2, 0.25) is 0 Å². The molecule has 0 bridgehead atoms. The van der Waals surface area contributed by atoms with Gasteiger partial charge in [-0.05, 0) is 17.4 Å². The Balaban J connectivity index is 2.69. The maximum atomic E-state index is 12.4. The van der Waals surface area contributed by atoms with E-state index < -0.39 is 6.04 Å². The summed E-state index contributed by atoms with van der Waals surface area (Å²) in [6, 6.07) is 3.60. The molecule has 0 spiro atoms. The molecule has 1 heterocycles. The van der Waals surface area contributed by atoms with Crippen molar-refractivity contribution in [1.29, 1.82) is 0 Å². The second kappa shape index (κ2) is 8.30. The molecule has 0 saturated carbocycles. The largest absolute Gasteiger partial charge is 0.383 e. The third-order valence-corrected chi connectivity index (χ3v) is 4.21. The predicted octanol–water partition coefficient (Wildman–Crippen LogP) is 2.10. The minimum Gasteiger partial charge on any atom is -0.383 e. The number of hydrogen-bond acceptors (Lipinski definition) is 4. The molecule has 0 fully saturated rings. The first-order chi connectivity index (χ1) is 9.10. The lowest BCUT2D eigenvalue weighted by atomic mass is 9.99. The SMILES string of the molecule is CC[C@H](C)[C@H](N)C(=O)N(CCOC)Cc1cccs1. The predicted molar refractivity (Wildman–Crippen MR) is 79.0 cm³/mol. The molecule has 1 aromatic heterocycles. The van der Waals surface area contributed by atoms with Crippen LogP contribution in [-0.2, 0) is 16.1 Å². The van der Waals surface area contributed by atoms with Crippen LogP contribution in [0.5, 0.6) is 0 Å². The van der Waals surface area contributed by atoms with E-state index in [1.54, 1.807) is 23.3 Å². The summed E-state index contributed by atoms with van der Waals surface area (Å²) >= 11 is 1.65. The van der Waals surface area contributed by atoms with Gasteiger partial charge in [-0.15, -0.1) is 11.3 Å². The van der Waals surface area contributed by atoms with E-state index >= 15 is 0 Å². The molecule has 1 rings (SSSR count). The molecule has 0 aliphatic rings. The average Bonchev–Trinajstić information content (AvgIpc) is 2.93. The van der Waals surface area contributed by atoms with Gasteiger partial charge in [-0.25, -0.2) is 0 Å². The summed E-state index contributed by atoms with van der Waals surface area (Å²) in [5.41, 5.74) is 6.04. The number of nitrogens with zero attached hydrogens (tertiary/aromatic N) is 1. The van der Waals surface area contributed by atoms with Gasteiger partial charge in [-0.2, -0.15) is 0 Å². The Morgan fingerprint density at radius 1 is 1.58 bits per heavy atom. The molecule has 1 aromatic rings. The summed E-state index contributed by atoms with van der Waals surface area (Å²) in [6.45, 7) is 5.80. The molecule has 108 valence electrons. The Kier molecular flexibility index (Phi) is 7.05. The molecule has 0 aliphatic heterocycles. The Bertz CT molecular complexity index is 368. The van der Waals surface area contributed by atoms with Crippen molar-refractivity contribution in [2.45, 2.75) is 32.9 Å². The van der Waals surface area contributed by atoms with Crippen LogP contribution in [0.25, 0.3) is 0 Å². The van der Waals surface area contributed by atoms with Crippen molar-refractivity contribution in [1.82, 2.24) is 4.90 Å². The van der Waals surface area contributed by atoms with Gasteiger partial charge in [0, 0.05) is 18.5 Å². The van der Waals surface area contributed by atoms with E-state index in [4.69, 9.17) is 10.5 Å². The monoisotopic (exact) mass is 284 g/mol. The summed E-state index contributed by atoms with van der Waals surface area (Å²) in [7, 11) is 1.64. The van der Waals surface area contributed by atoms with E-state index in [1.165, 1.54) is 4.88 Å². The zero-order valence-electron chi connectivity index (χ0n) is 12.0. The van der Waals surface area contributed by atoms with Gasteiger partial charge in [0.25, 0.3) is 0 Å². The fourth-order valence-corrected chi connectivity index (χ4v) is 2.49. The van der Waals surface area contributed by atoms with Crippen LogP contribution < -0.4 is 5.73 Å². The van der Waals surface area contributed by atoms with E-state index in [2.05, 4.69) is 6.92 Å². The van der Waals surface area contributed by atoms with E-state index in [0.29, 0.717) is 19.7 Å². The van der Waals surface area contributed by atoms with E-state index in [0.717, 1.165) is 6.42 Å². The Labute approximate surface area is 119 Å². The molecular formula is C14H24N2O2S. The van der Waals surface area contributed by atoms with Crippen molar-refractivity contribution in [2.75, 3.05) is 20.3 Å². The van der Waals surface area contributed by atoms with Crippen molar-refractivity contribution in [3.8, 4) is 0 Å². The quantitative estimate of drug-likeness (QED) is 0.795. The van der Waals surface area contributed by atoms with Crippen LogP contribution in [0.4, 0.5) is 0 Å². The highest BCUT2D eigenvalue weighted by molar-refractivity contribution is 7.09. The maximum absolute atomic E-state index is 12.4. The molecular weight excluding hydrogens is 260 g/mol. The Hall–Kier alpha value is -0.910. The molecule has 0 radical (unpaired) electrons.